The van der Waals surface area contributed by atoms with Crippen LogP contribution in [-0.2, 0) is 4.79 Å². The van der Waals surface area contributed by atoms with Crippen molar-refractivity contribution in [3.63, 3.8) is 0 Å². The first-order valence-corrected chi connectivity index (χ1v) is 8.60. The molecule has 0 aliphatic carbocycles. The summed E-state index contributed by atoms with van der Waals surface area (Å²) in [4.78, 5) is 37.7. The van der Waals surface area contributed by atoms with Crippen LogP contribution < -0.4 is 5.73 Å². The van der Waals surface area contributed by atoms with Crippen molar-refractivity contribution < 1.29 is 9.59 Å². The Bertz CT molecular complexity index is 981. The van der Waals surface area contributed by atoms with Crippen LogP contribution in [0.1, 0.15) is 23.2 Å². The molecule has 0 bridgehead atoms. The molecule has 3 heterocycles. The van der Waals surface area contributed by atoms with Crippen LogP contribution >= 0.6 is 0 Å². The van der Waals surface area contributed by atoms with Crippen LogP contribution in [0, 0.1) is 5.92 Å². The highest BCUT2D eigenvalue weighted by molar-refractivity contribution is 5.97. The van der Waals surface area contributed by atoms with Gasteiger partial charge in [0.15, 0.2) is 0 Å². The summed E-state index contributed by atoms with van der Waals surface area (Å²) in [7, 11) is 0. The normalized spacial score (nSPS) is 17.4. The van der Waals surface area contributed by atoms with Crippen molar-refractivity contribution in [2.24, 2.45) is 11.7 Å². The van der Waals surface area contributed by atoms with Crippen molar-refractivity contribution in [2.45, 2.75) is 12.8 Å². The second-order valence-electron chi connectivity index (χ2n) is 6.54. The van der Waals surface area contributed by atoms with E-state index in [0.717, 1.165) is 35.1 Å². The summed E-state index contributed by atoms with van der Waals surface area (Å²) in [6.07, 6.45) is 4.85. The lowest BCUT2D eigenvalue weighted by molar-refractivity contribution is -0.123. The molecule has 1 atom stereocenters. The molecular weight excluding hydrogens is 330 g/mol. The summed E-state index contributed by atoms with van der Waals surface area (Å²) in [5.41, 5.74) is 8.38. The number of rotatable bonds is 3. The number of H-pyrrole nitrogens is 1. The zero-order valence-corrected chi connectivity index (χ0v) is 14.2. The molecule has 0 saturated carbocycles. The van der Waals surface area contributed by atoms with Gasteiger partial charge in [-0.15, -0.1) is 0 Å². The largest absolute Gasteiger partial charge is 0.369 e. The van der Waals surface area contributed by atoms with E-state index < -0.39 is 0 Å². The summed E-state index contributed by atoms with van der Waals surface area (Å²) in [6.45, 7) is 1.02. The second kappa shape index (κ2) is 6.59. The molecule has 0 radical (unpaired) electrons. The number of likely N-dealkylation sites (tertiary alicyclic amines) is 1. The molecule has 3 aromatic rings. The lowest BCUT2D eigenvalue weighted by atomic mass is 9.96. The van der Waals surface area contributed by atoms with E-state index in [0.29, 0.717) is 18.7 Å². The van der Waals surface area contributed by atoms with Crippen LogP contribution in [0.25, 0.3) is 22.3 Å². The Hall–Kier alpha value is -3.22. The predicted octanol–water partition coefficient (Wildman–Crippen LogP) is 1.96. The number of nitrogens with two attached hydrogens (primary N) is 1. The van der Waals surface area contributed by atoms with Crippen LogP contribution in [0.5, 0.6) is 0 Å². The smallest absolute Gasteiger partial charge is 0.253 e. The van der Waals surface area contributed by atoms with E-state index in [-0.39, 0.29) is 17.7 Å². The monoisotopic (exact) mass is 349 g/mol. The number of nitrogens with one attached hydrogen (secondary N) is 1. The Morgan fingerprint density at radius 3 is 2.96 bits per heavy atom. The molecule has 1 aliphatic heterocycles. The van der Waals surface area contributed by atoms with Crippen LogP contribution in [0.15, 0.2) is 42.9 Å². The summed E-state index contributed by atoms with van der Waals surface area (Å²) < 4.78 is 0. The Kier molecular flexibility index (Phi) is 4.12. The number of nitrogens with zero attached hydrogens (tertiary/aromatic N) is 3. The Morgan fingerprint density at radius 2 is 2.12 bits per heavy atom. The lowest BCUT2D eigenvalue weighted by Gasteiger charge is -2.31. The van der Waals surface area contributed by atoms with Crippen LogP contribution in [0.2, 0.25) is 0 Å². The third-order valence-electron chi connectivity index (χ3n) is 4.85. The molecule has 1 fully saturated rings. The lowest BCUT2D eigenvalue weighted by Crippen LogP contribution is -2.44. The number of benzene rings is 1. The van der Waals surface area contributed by atoms with Gasteiger partial charge in [-0.1, -0.05) is 12.1 Å². The van der Waals surface area contributed by atoms with Gasteiger partial charge >= 0.3 is 0 Å². The van der Waals surface area contributed by atoms with Gasteiger partial charge in [0.2, 0.25) is 5.91 Å². The molecule has 4 rings (SSSR count). The summed E-state index contributed by atoms with van der Waals surface area (Å²) in [6, 6.07) is 9.31. The van der Waals surface area contributed by atoms with E-state index in [9.17, 15) is 9.59 Å². The van der Waals surface area contributed by atoms with Crippen molar-refractivity contribution in [3.8, 4) is 11.3 Å². The number of hydrogen-bond acceptors (Lipinski definition) is 4. The molecule has 0 spiro atoms. The minimum absolute atomic E-state index is 0.0860. The van der Waals surface area contributed by atoms with Gasteiger partial charge in [0.1, 0.15) is 12.0 Å². The summed E-state index contributed by atoms with van der Waals surface area (Å²) in [5.74, 6) is -0.693. The van der Waals surface area contributed by atoms with Crippen LogP contribution in [0.3, 0.4) is 0 Å². The number of carbonyl (C=O) groups excluding carboxylic acids is 2. The number of fused-ring (bicyclic) bond motifs is 1. The van der Waals surface area contributed by atoms with Crippen molar-refractivity contribution in [3.05, 3.63) is 48.4 Å². The average Bonchev–Trinajstić information content (AvgIpc) is 3.16. The number of amides is 2. The Morgan fingerprint density at radius 1 is 1.23 bits per heavy atom. The first kappa shape index (κ1) is 16.3. The van der Waals surface area contributed by atoms with Gasteiger partial charge in [0.25, 0.3) is 5.91 Å². The van der Waals surface area contributed by atoms with Crippen molar-refractivity contribution in [2.75, 3.05) is 13.1 Å². The fraction of sp³-hybridized carbons (Fsp3) is 0.263. The summed E-state index contributed by atoms with van der Waals surface area (Å²) in [5, 5.41) is 0.906. The quantitative estimate of drug-likeness (QED) is 0.754. The molecular formula is C19H19N5O2. The van der Waals surface area contributed by atoms with E-state index in [2.05, 4.69) is 15.0 Å². The van der Waals surface area contributed by atoms with Gasteiger partial charge in [-0.05, 0) is 31.0 Å². The van der Waals surface area contributed by atoms with E-state index in [1.54, 1.807) is 11.0 Å². The minimum Gasteiger partial charge on any atom is -0.369 e. The van der Waals surface area contributed by atoms with E-state index in [4.69, 9.17) is 5.73 Å². The third-order valence-corrected chi connectivity index (χ3v) is 4.85. The third kappa shape index (κ3) is 2.92. The molecule has 26 heavy (non-hydrogen) atoms. The van der Waals surface area contributed by atoms with E-state index in [1.807, 2.05) is 30.5 Å². The molecule has 1 saturated heterocycles. The van der Waals surface area contributed by atoms with Gasteiger partial charge in [-0.25, -0.2) is 9.97 Å². The molecule has 2 aromatic heterocycles. The number of piperidine rings is 1. The molecule has 7 heteroatoms. The maximum Gasteiger partial charge on any atom is 0.253 e. The zero-order chi connectivity index (χ0) is 18.1. The number of aromatic nitrogens is 3. The maximum absolute atomic E-state index is 12.9. The van der Waals surface area contributed by atoms with Crippen molar-refractivity contribution >= 4 is 22.8 Å². The van der Waals surface area contributed by atoms with Gasteiger partial charge in [0.05, 0.1) is 11.6 Å². The van der Waals surface area contributed by atoms with E-state index in [1.165, 1.54) is 6.33 Å². The van der Waals surface area contributed by atoms with Crippen molar-refractivity contribution in [1.29, 1.82) is 0 Å². The number of primary amides is 1. The topological polar surface area (TPSA) is 105 Å². The number of aromatic amines is 1. The van der Waals surface area contributed by atoms with Crippen LogP contribution in [0.4, 0.5) is 0 Å². The molecule has 3 N–H and O–H groups in total. The molecule has 1 aromatic carbocycles. The minimum atomic E-state index is -0.341. The Balaban J connectivity index is 1.64. The molecule has 0 unspecified atom stereocenters. The first-order valence-electron chi connectivity index (χ1n) is 8.60. The van der Waals surface area contributed by atoms with Gasteiger partial charge in [-0.2, -0.15) is 0 Å². The highest BCUT2D eigenvalue weighted by atomic mass is 16.2. The van der Waals surface area contributed by atoms with Gasteiger partial charge < -0.3 is 15.6 Å². The standard InChI is InChI=1S/C19H19N5O2/c20-17(25)14-5-2-8-24(10-14)19(26)13-4-1-3-12(9-13)16-15-6-7-21-18(15)23-11-22-16/h1,3-4,6-7,9,11,14H,2,5,8,10H2,(H2,20,25)(H,21,22,23)/t14-/m0/s1. The summed E-state index contributed by atoms with van der Waals surface area (Å²) >= 11 is 0. The average molecular weight is 349 g/mol. The van der Waals surface area contributed by atoms with Crippen LogP contribution in [-0.4, -0.2) is 44.8 Å². The predicted molar refractivity (Wildman–Crippen MR) is 97.1 cm³/mol. The second-order valence-corrected chi connectivity index (χ2v) is 6.54. The molecule has 2 amide bonds. The highest BCUT2D eigenvalue weighted by Gasteiger charge is 2.27. The first-order chi connectivity index (χ1) is 12.6. The molecule has 7 nitrogen and oxygen atoms in total. The number of hydrogen-bond donors (Lipinski definition) is 2. The highest BCUT2D eigenvalue weighted by Crippen LogP contribution is 2.26. The fourth-order valence-electron chi connectivity index (χ4n) is 3.48. The van der Waals surface area contributed by atoms with Gasteiger partial charge in [-0.3, -0.25) is 9.59 Å². The SMILES string of the molecule is NC(=O)[C@H]1CCCN(C(=O)c2cccc(-c3ncnc4[nH]ccc34)c2)C1. The number of carbonyl (C=O) groups is 2. The maximum atomic E-state index is 12.9. The van der Waals surface area contributed by atoms with Crippen molar-refractivity contribution in [1.82, 2.24) is 19.9 Å². The van der Waals surface area contributed by atoms with Gasteiger partial charge in [0, 0.05) is 35.8 Å². The zero-order valence-electron chi connectivity index (χ0n) is 14.2. The Labute approximate surface area is 150 Å². The molecule has 1 aliphatic rings. The fourth-order valence-corrected chi connectivity index (χ4v) is 3.48. The molecule has 132 valence electrons. The van der Waals surface area contributed by atoms with E-state index >= 15 is 0 Å².